The van der Waals surface area contributed by atoms with E-state index in [0.717, 1.165) is 0 Å². The number of carbonyl (C=O) groups is 1. The number of benzene rings is 1. The summed E-state index contributed by atoms with van der Waals surface area (Å²) in [5, 5.41) is 2.90. The van der Waals surface area contributed by atoms with Crippen molar-refractivity contribution < 1.29 is 17.9 Å². The van der Waals surface area contributed by atoms with E-state index in [0.29, 0.717) is 24.5 Å². The molecular formula is C15H26ClN3O4S. The Morgan fingerprint density at radius 1 is 1.25 bits per heavy atom. The van der Waals surface area contributed by atoms with Crippen LogP contribution in [0, 0.1) is 0 Å². The predicted octanol–water partition coefficient (Wildman–Crippen LogP) is 1.32. The topological polar surface area (TPSA) is 87.7 Å². The molecule has 7 nitrogen and oxygen atoms in total. The van der Waals surface area contributed by atoms with Gasteiger partial charge in [-0.15, -0.1) is 12.4 Å². The number of hydrogen-bond donors (Lipinski definition) is 2. The predicted molar refractivity (Wildman–Crippen MR) is 98.4 cm³/mol. The Balaban J connectivity index is 0.00000529. The van der Waals surface area contributed by atoms with Crippen LogP contribution in [-0.2, 0) is 14.8 Å². The van der Waals surface area contributed by atoms with Gasteiger partial charge in [0.2, 0.25) is 15.9 Å². The Hall–Kier alpha value is -1.51. The second-order valence-corrected chi connectivity index (χ2v) is 7.19. The molecule has 0 aliphatic heterocycles. The molecule has 1 aromatic rings. The number of amides is 1. The highest BCUT2D eigenvalue weighted by Gasteiger charge is 2.19. The smallest absolute Gasteiger partial charge is 0.241 e. The highest BCUT2D eigenvalue weighted by Crippen LogP contribution is 2.17. The fourth-order valence-corrected chi connectivity index (χ4v) is 2.88. The van der Waals surface area contributed by atoms with Crippen molar-refractivity contribution in [2.75, 3.05) is 37.7 Å². The summed E-state index contributed by atoms with van der Waals surface area (Å²) in [5.74, 6) is -0.379. The second-order valence-electron chi connectivity index (χ2n) is 5.47. The van der Waals surface area contributed by atoms with Crippen LogP contribution in [0.3, 0.4) is 0 Å². The van der Waals surface area contributed by atoms with E-state index in [9.17, 15) is 13.2 Å². The minimum Gasteiger partial charge on any atom is -0.491 e. The lowest BCUT2D eigenvalue weighted by molar-refractivity contribution is -0.127. The van der Waals surface area contributed by atoms with E-state index in [4.69, 9.17) is 4.74 Å². The van der Waals surface area contributed by atoms with E-state index in [-0.39, 0.29) is 18.5 Å². The molecule has 0 saturated carbocycles. The van der Waals surface area contributed by atoms with Crippen LogP contribution < -0.4 is 14.8 Å². The van der Waals surface area contributed by atoms with E-state index in [2.05, 4.69) is 10.0 Å². The van der Waals surface area contributed by atoms with Crippen molar-refractivity contribution in [3.8, 4) is 5.75 Å². The van der Waals surface area contributed by atoms with Crippen LogP contribution in [0.4, 0.5) is 5.69 Å². The summed E-state index contributed by atoms with van der Waals surface area (Å²) in [6, 6.07) is 6.56. The van der Waals surface area contributed by atoms with Crippen LogP contribution in [0.5, 0.6) is 5.75 Å². The molecule has 0 heterocycles. The minimum atomic E-state index is -3.74. The Bertz CT molecular complexity index is 606. The lowest BCUT2D eigenvalue weighted by atomic mass is 10.3. The molecule has 0 spiro atoms. The van der Waals surface area contributed by atoms with Crippen molar-refractivity contribution in [3.05, 3.63) is 24.3 Å². The number of nitrogens with zero attached hydrogens (tertiary/aromatic N) is 1. The van der Waals surface area contributed by atoms with Gasteiger partial charge in [-0.1, -0.05) is 0 Å². The first-order valence-corrected chi connectivity index (χ1v) is 9.04. The van der Waals surface area contributed by atoms with Crippen molar-refractivity contribution in [1.82, 2.24) is 10.2 Å². The molecule has 0 aliphatic carbocycles. The Labute approximate surface area is 150 Å². The third kappa shape index (κ3) is 8.37. The molecule has 0 fully saturated rings. The summed E-state index contributed by atoms with van der Waals surface area (Å²) >= 11 is 0. The van der Waals surface area contributed by atoms with E-state index >= 15 is 0 Å². The zero-order chi connectivity index (χ0) is 17.5. The molecule has 1 amide bonds. The van der Waals surface area contributed by atoms with Gasteiger partial charge >= 0.3 is 0 Å². The van der Waals surface area contributed by atoms with Crippen LogP contribution in [0.15, 0.2) is 24.3 Å². The first-order valence-electron chi connectivity index (χ1n) is 7.39. The number of likely N-dealkylation sites (N-methyl/N-ethyl adjacent to an activating group) is 2. The van der Waals surface area contributed by atoms with Crippen molar-refractivity contribution in [3.63, 3.8) is 0 Å². The lowest BCUT2D eigenvalue weighted by Gasteiger charge is -2.17. The summed E-state index contributed by atoms with van der Waals surface area (Å²) in [5.41, 5.74) is 0.395. The SMILES string of the molecule is CNCCN(C)C(=O)CS(=O)(=O)Nc1ccc(OC(C)C)cc1.Cl. The van der Waals surface area contributed by atoms with Gasteiger partial charge in [-0.25, -0.2) is 8.42 Å². The zero-order valence-corrected chi connectivity index (χ0v) is 16.0. The van der Waals surface area contributed by atoms with Crippen LogP contribution >= 0.6 is 12.4 Å². The Morgan fingerprint density at radius 3 is 2.33 bits per heavy atom. The zero-order valence-electron chi connectivity index (χ0n) is 14.4. The molecular weight excluding hydrogens is 354 g/mol. The number of anilines is 1. The second kappa shape index (κ2) is 10.4. The van der Waals surface area contributed by atoms with Gasteiger partial charge in [-0.3, -0.25) is 9.52 Å². The van der Waals surface area contributed by atoms with Gasteiger partial charge in [0, 0.05) is 25.8 Å². The summed E-state index contributed by atoms with van der Waals surface area (Å²) in [4.78, 5) is 13.3. The van der Waals surface area contributed by atoms with Crippen LogP contribution in [0.2, 0.25) is 0 Å². The number of ether oxygens (including phenoxy) is 1. The van der Waals surface area contributed by atoms with Gasteiger partial charge in [-0.05, 0) is 45.2 Å². The molecule has 0 atom stereocenters. The Morgan fingerprint density at radius 2 is 1.83 bits per heavy atom. The number of halogens is 1. The van der Waals surface area contributed by atoms with E-state index in [1.807, 2.05) is 13.8 Å². The van der Waals surface area contributed by atoms with Crippen molar-refractivity contribution in [1.29, 1.82) is 0 Å². The third-order valence-electron chi connectivity index (χ3n) is 2.94. The van der Waals surface area contributed by atoms with Gasteiger partial charge in [0.25, 0.3) is 0 Å². The molecule has 0 aromatic heterocycles. The number of rotatable bonds is 9. The van der Waals surface area contributed by atoms with E-state index < -0.39 is 21.7 Å². The van der Waals surface area contributed by atoms with Crippen LogP contribution in [0.1, 0.15) is 13.8 Å². The standard InChI is InChI=1S/C15H25N3O4S.ClH/c1-12(2)22-14-7-5-13(6-8-14)17-23(20,21)11-15(19)18(4)10-9-16-3;/h5-8,12,16-17H,9-11H2,1-4H3;1H. The monoisotopic (exact) mass is 379 g/mol. The number of sulfonamides is 1. The Kier molecular flexibility index (Phi) is 9.72. The molecule has 0 aliphatic rings. The maximum atomic E-state index is 12.0. The average molecular weight is 380 g/mol. The lowest BCUT2D eigenvalue weighted by Crippen LogP contribution is -2.37. The van der Waals surface area contributed by atoms with Crippen molar-refractivity contribution in [2.45, 2.75) is 20.0 Å². The first-order chi connectivity index (χ1) is 10.7. The van der Waals surface area contributed by atoms with E-state index in [1.165, 1.54) is 4.90 Å². The maximum absolute atomic E-state index is 12.0. The van der Waals surface area contributed by atoms with Crippen molar-refractivity contribution in [2.24, 2.45) is 0 Å². The third-order valence-corrected chi connectivity index (χ3v) is 4.11. The van der Waals surface area contributed by atoms with Gasteiger partial charge in [0.15, 0.2) is 0 Å². The van der Waals surface area contributed by atoms with E-state index in [1.54, 1.807) is 38.4 Å². The quantitative estimate of drug-likeness (QED) is 0.675. The largest absolute Gasteiger partial charge is 0.491 e. The highest BCUT2D eigenvalue weighted by molar-refractivity contribution is 7.93. The number of hydrogen-bond acceptors (Lipinski definition) is 5. The van der Waals surface area contributed by atoms with Crippen LogP contribution in [-0.4, -0.2) is 58.3 Å². The molecule has 2 N–H and O–H groups in total. The summed E-state index contributed by atoms with van der Waals surface area (Å²) in [6.07, 6.45) is 0.0447. The number of carbonyl (C=O) groups excluding carboxylic acids is 1. The first kappa shape index (κ1) is 22.5. The molecule has 0 bridgehead atoms. The fourth-order valence-electron chi connectivity index (χ4n) is 1.77. The molecule has 1 rings (SSSR count). The molecule has 9 heteroatoms. The van der Waals surface area contributed by atoms with Crippen molar-refractivity contribution >= 4 is 34.0 Å². The highest BCUT2D eigenvalue weighted by atomic mass is 35.5. The molecule has 0 unspecified atom stereocenters. The molecule has 0 saturated heterocycles. The van der Waals surface area contributed by atoms with Gasteiger partial charge in [-0.2, -0.15) is 0 Å². The summed E-state index contributed by atoms with van der Waals surface area (Å²) < 4.78 is 32.0. The van der Waals surface area contributed by atoms with Gasteiger partial charge < -0.3 is 15.0 Å². The normalized spacial score (nSPS) is 10.9. The van der Waals surface area contributed by atoms with Gasteiger partial charge in [0.05, 0.1) is 6.10 Å². The van der Waals surface area contributed by atoms with Crippen LogP contribution in [0.25, 0.3) is 0 Å². The molecule has 1 aromatic carbocycles. The molecule has 0 radical (unpaired) electrons. The fraction of sp³-hybridized carbons (Fsp3) is 0.533. The maximum Gasteiger partial charge on any atom is 0.241 e. The van der Waals surface area contributed by atoms with Gasteiger partial charge in [0.1, 0.15) is 11.5 Å². The molecule has 24 heavy (non-hydrogen) atoms. The molecule has 138 valence electrons. The minimum absolute atomic E-state index is 0. The summed E-state index contributed by atoms with van der Waals surface area (Å²) in [6.45, 7) is 4.87. The number of nitrogens with one attached hydrogen (secondary N) is 2. The average Bonchev–Trinajstić information content (AvgIpc) is 2.45. The summed E-state index contributed by atoms with van der Waals surface area (Å²) in [7, 11) is -0.398.